The highest BCUT2D eigenvalue weighted by Gasteiger charge is 2.02. The third-order valence-electron chi connectivity index (χ3n) is 1.73. The third-order valence-corrected chi connectivity index (χ3v) is 3.68. The van der Waals surface area contributed by atoms with Crippen LogP contribution in [0.4, 0.5) is 0 Å². The number of thiophene rings is 1. The van der Waals surface area contributed by atoms with Crippen LogP contribution < -0.4 is 0 Å². The van der Waals surface area contributed by atoms with Crippen LogP contribution in [0, 0.1) is 6.92 Å². The molecule has 3 heteroatoms. The van der Waals surface area contributed by atoms with Crippen molar-refractivity contribution in [1.82, 2.24) is 0 Å². The average molecular weight is 259 g/mol. The summed E-state index contributed by atoms with van der Waals surface area (Å²) >= 11 is 9.64. The van der Waals surface area contributed by atoms with E-state index in [9.17, 15) is 0 Å². The second-order valence-corrected chi connectivity index (χ2v) is 5.69. The zero-order valence-electron chi connectivity index (χ0n) is 6.47. The Labute approximate surface area is 89.1 Å². The number of halogens is 1. The fraction of sp³-hybridized carbons (Fsp3) is 0.111. The Kier molecular flexibility index (Phi) is 2.19. The number of hydrogen-bond acceptors (Lipinski definition) is 2. The van der Waals surface area contributed by atoms with E-state index in [1.165, 1.54) is 19.4 Å². The monoisotopic (exact) mass is 258 g/mol. The molecule has 0 radical (unpaired) electrons. The first kappa shape index (κ1) is 8.60. The normalized spacial score (nSPS) is 10.9. The van der Waals surface area contributed by atoms with Crippen molar-refractivity contribution >= 4 is 50.0 Å². The van der Waals surface area contributed by atoms with Gasteiger partial charge < -0.3 is 0 Å². The Balaban J connectivity index is 2.88. The fourth-order valence-corrected chi connectivity index (χ4v) is 3.35. The molecule has 2 aromatic rings. The zero-order valence-corrected chi connectivity index (χ0v) is 9.76. The fourth-order valence-electron chi connectivity index (χ4n) is 1.22. The van der Waals surface area contributed by atoms with Crippen molar-refractivity contribution in [3.63, 3.8) is 0 Å². The highest BCUT2D eigenvalue weighted by atomic mass is 79.9. The molecule has 62 valence electrons. The summed E-state index contributed by atoms with van der Waals surface area (Å²) < 4.78 is 2.46. The zero-order chi connectivity index (χ0) is 8.72. The second kappa shape index (κ2) is 3.05. The van der Waals surface area contributed by atoms with Crippen LogP contribution in [-0.2, 0) is 0 Å². The first-order valence-electron chi connectivity index (χ1n) is 3.55. The molecule has 12 heavy (non-hydrogen) atoms. The van der Waals surface area contributed by atoms with E-state index in [1.807, 2.05) is 0 Å². The van der Waals surface area contributed by atoms with Crippen LogP contribution >= 0.6 is 39.9 Å². The first-order valence-corrected chi connectivity index (χ1v) is 5.61. The van der Waals surface area contributed by atoms with Gasteiger partial charge in [0.05, 0.1) is 3.79 Å². The molecule has 0 saturated heterocycles. The van der Waals surface area contributed by atoms with Crippen molar-refractivity contribution in [2.75, 3.05) is 0 Å². The van der Waals surface area contributed by atoms with Crippen LogP contribution in [-0.4, -0.2) is 0 Å². The molecule has 0 aliphatic rings. The van der Waals surface area contributed by atoms with E-state index in [4.69, 9.17) is 0 Å². The molecule has 0 bridgehead atoms. The highest BCUT2D eigenvalue weighted by molar-refractivity contribution is 9.11. The largest absolute Gasteiger partial charge is 0.143 e. The van der Waals surface area contributed by atoms with E-state index in [0.29, 0.717) is 0 Å². The molecule has 0 N–H and O–H groups in total. The Hall–Kier alpha value is 0.01000. The predicted octanol–water partition coefficient (Wildman–Crippen LogP) is 4.26. The van der Waals surface area contributed by atoms with Crippen LogP contribution in [0.1, 0.15) is 5.56 Å². The molecule has 0 spiro atoms. The van der Waals surface area contributed by atoms with Gasteiger partial charge in [0.1, 0.15) is 0 Å². The van der Waals surface area contributed by atoms with Gasteiger partial charge in [0.15, 0.2) is 0 Å². The Morgan fingerprint density at radius 3 is 2.83 bits per heavy atom. The minimum Gasteiger partial charge on any atom is -0.143 e. The molecule has 0 amide bonds. The molecule has 0 aliphatic carbocycles. The topological polar surface area (TPSA) is 0 Å². The molecule has 1 aromatic heterocycles. The third kappa shape index (κ3) is 1.41. The smallest absolute Gasteiger partial charge is 0.0711 e. The minimum atomic E-state index is 1.06. The maximum atomic E-state index is 4.42. The highest BCUT2D eigenvalue weighted by Crippen LogP contribution is 2.34. The molecule has 0 unspecified atom stereocenters. The van der Waals surface area contributed by atoms with Gasteiger partial charge in [0.2, 0.25) is 0 Å². The van der Waals surface area contributed by atoms with E-state index >= 15 is 0 Å². The van der Waals surface area contributed by atoms with Crippen molar-refractivity contribution in [1.29, 1.82) is 0 Å². The standard InChI is InChI=1S/C9H7BrS2/c1-5-2-7(11)6-4-9(10)12-8(6)3-5/h2-4,11H,1H3. The van der Waals surface area contributed by atoms with E-state index < -0.39 is 0 Å². The van der Waals surface area contributed by atoms with Gasteiger partial charge in [-0.2, -0.15) is 0 Å². The molecule has 1 heterocycles. The van der Waals surface area contributed by atoms with Crippen LogP contribution in [0.2, 0.25) is 0 Å². The summed E-state index contributed by atoms with van der Waals surface area (Å²) in [5.41, 5.74) is 1.27. The van der Waals surface area contributed by atoms with Crippen LogP contribution in [0.25, 0.3) is 10.1 Å². The van der Waals surface area contributed by atoms with Crippen molar-refractivity contribution < 1.29 is 0 Å². The average Bonchev–Trinajstić information content (AvgIpc) is 2.29. The lowest BCUT2D eigenvalue weighted by Gasteiger charge is -1.96. The van der Waals surface area contributed by atoms with Gasteiger partial charge in [-0.15, -0.1) is 24.0 Å². The summed E-state index contributed by atoms with van der Waals surface area (Å²) in [6, 6.07) is 6.39. The van der Waals surface area contributed by atoms with E-state index in [0.717, 1.165) is 4.90 Å². The summed E-state index contributed by atoms with van der Waals surface area (Å²) in [4.78, 5) is 1.06. The predicted molar refractivity (Wildman–Crippen MR) is 61.5 cm³/mol. The number of benzene rings is 1. The lowest BCUT2D eigenvalue weighted by atomic mass is 10.2. The summed E-state index contributed by atoms with van der Waals surface area (Å²) in [6.07, 6.45) is 0. The SMILES string of the molecule is Cc1cc(S)c2cc(Br)sc2c1. The van der Waals surface area contributed by atoms with Gasteiger partial charge in [0.25, 0.3) is 0 Å². The molecule has 2 rings (SSSR count). The van der Waals surface area contributed by atoms with Crippen molar-refractivity contribution in [2.24, 2.45) is 0 Å². The van der Waals surface area contributed by atoms with Gasteiger partial charge >= 0.3 is 0 Å². The lowest BCUT2D eigenvalue weighted by molar-refractivity contribution is 1.43. The molecule has 0 nitrogen and oxygen atoms in total. The molecule has 0 saturated carbocycles. The van der Waals surface area contributed by atoms with Crippen LogP contribution in [0.15, 0.2) is 26.9 Å². The second-order valence-electron chi connectivity index (χ2n) is 2.75. The molecular weight excluding hydrogens is 252 g/mol. The van der Waals surface area contributed by atoms with Crippen LogP contribution in [0.5, 0.6) is 0 Å². The number of hydrogen-bond donors (Lipinski definition) is 1. The quantitative estimate of drug-likeness (QED) is 0.671. The Morgan fingerprint density at radius 2 is 2.08 bits per heavy atom. The maximum Gasteiger partial charge on any atom is 0.0711 e. The number of aryl methyl sites for hydroxylation is 1. The summed E-state index contributed by atoms with van der Waals surface area (Å²) in [6.45, 7) is 2.09. The Morgan fingerprint density at radius 1 is 1.33 bits per heavy atom. The summed E-state index contributed by atoms with van der Waals surface area (Å²) in [5.74, 6) is 0. The maximum absolute atomic E-state index is 4.42. The molecule has 0 atom stereocenters. The molecule has 1 aromatic carbocycles. The van der Waals surface area contributed by atoms with Gasteiger partial charge in [0, 0.05) is 15.0 Å². The van der Waals surface area contributed by atoms with Gasteiger partial charge in [-0.05, 0) is 46.6 Å². The van der Waals surface area contributed by atoms with Crippen molar-refractivity contribution in [2.45, 2.75) is 11.8 Å². The minimum absolute atomic E-state index is 1.06. The molecular formula is C9H7BrS2. The number of fused-ring (bicyclic) bond motifs is 1. The Bertz CT molecular complexity index is 431. The van der Waals surface area contributed by atoms with Crippen molar-refractivity contribution in [3.05, 3.63) is 27.5 Å². The molecule has 0 aliphatic heterocycles. The van der Waals surface area contributed by atoms with Gasteiger partial charge in [-0.1, -0.05) is 0 Å². The first-order chi connectivity index (χ1) is 5.66. The van der Waals surface area contributed by atoms with Crippen molar-refractivity contribution in [3.8, 4) is 0 Å². The van der Waals surface area contributed by atoms with Crippen LogP contribution in [0.3, 0.4) is 0 Å². The summed E-state index contributed by atoms with van der Waals surface area (Å²) in [5, 5.41) is 1.24. The van der Waals surface area contributed by atoms with Gasteiger partial charge in [-0.3, -0.25) is 0 Å². The van der Waals surface area contributed by atoms with E-state index in [-0.39, 0.29) is 0 Å². The lowest BCUT2D eigenvalue weighted by Crippen LogP contribution is -1.72. The van der Waals surface area contributed by atoms with E-state index in [2.05, 4.69) is 53.7 Å². The van der Waals surface area contributed by atoms with Gasteiger partial charge in [-0.25, -0.2) is 0 Å². The number of rotatable bonds is 0. The molecule has 0 fully saturated rings. The number of thiol groups is 1. The summed E-state index contributed by atoms with van der Waals surface area (Å²) in [7, 11) is 0. The van der Waals surface area contributed by atoms with E-state index in [1.54, 1.807) is 11.3 Å².